The second-order valence-corrected chi connectivity index (χ2v) is 8.47. The Hall–Kier alpha value is -1.90. The van der Waals surface area contributed by atoms with Crippen LogP contribution in [-0.2, 0) is 21.5 Å². The average molecular weight is 380 g/mol. The van der Waals surface area contributed by atoms with Crippen molar-refractivity contribution in [3.63, 3.8) is 0 Å². The van der Waals surface area contributed by atoms with E-state index in [0.29, 0.717) is 17.9 Å². The monoisotopic (exact) mass is 380 g/mol. The van der Waals surface area contributed by atoms with Gasteiger partial charge in [-0.05, 0) is 23.6 Å². The number of nitrogens with zero attached hydrogens (tertiary/aromatic N) is 1. The van der Waals surface area contributed by atoms with Gasteiger partial charge in [-0.15, -0.1) is 0 Å². The molecule has 0 aliphatic heterocycles. The molecular weight excluding hydrogens is 360 g/mol. The van der Waals surface area contributed by atoms with Crippen LogP contribution in [0.1, 0.15) is 16.7 Å². The lowest BCUT2D eigenvalue weighted by molar-refractivity contribution is -0.384. The topological polar surface area (TPSA) is 89.3 Å². The van der Waals surface area contributed by atoms with Crippen molar-refractivity contribution in [3.05, 3.63) is 75.3 Å². The molecule has 0 saturated carbocycles. The van der Waals surface area contributed by atoms with E-state index in [2.05, 4.69) is 23.8 Å². The second kappa shape index (κ2) is 8.98. The van der Waals surface area contributed by atoms with Gasteiger partial charge in [0.2, 0.25) is 10.0 Å². The van der Waals surface area contributed by atoms with Crippen LogP contribution in [0.15, 0.2) is 48.5 Å². The number of hydrogen-bond acceptors (Lipinski definition) is 5. The van der Waals surface area contributed by atoms with E-state index in [1.807, 2.05) is 12.1 Å². The number of aryl methyl sites for hydroxylation is 1. The van der Waals surface area contributed by atoms with Gasteiger partial charge in [0.25, 0.3) is 5.69 Å². The Bertz CT molecular complexity index is 838. The molecule has 2 aromatic rings. The first-order valence-electron chi connectivity index (χ1n) is 7.70. The lowest BCUT2D eigenvalue weighted by Crippen LogP contribution is -2.27. The van der Waals surface area contributed by atoms with Crippen LogP contribution in [0.5, 0.6) is 0 Å². The molecule has 0 atom stereocenters. The molecule has 8 heteroatoms. The van der Waals surface area contributed by atoms with Gasteiger partial charge in [0.1, 0.15) is 0 Å². The van der Waals surface area contributed by atoms with E-state index in [0.717, 1.165) is 5.75 Å². The fourth-order valence-corrected chi connectivity index (χ4v) is 4.45. The smallest absolute Gasteiger partial charge is 0.258 e. The van der Waals surface area contributed by atoms with Crippen LogP contribution in [0, 0.1) is 17.0 Å². The van der Waals surface area contributed by atoms with Gasteiger partial charge in [-0.2, -0.15) is 11.8 Å². The molecule has 0 unspecified atom stereocenters. The van der Waals surface area contributed by atoms with E-state index < -0.39 is 14.9 Å². The van der Waals surface area contributed by atoms with Gasteiger partial charge in [-0.3, -0.25) is 10.1 Å². The fourth-order valence-electron chi connectivity index (χ4n) is 2.25. The molecule has 0 bridgehead atoms. The lowest BCUT2D eigenvalue weighted by atomic mass is 10.1. The van der Waals surface area contributed by atoms with Crippen LogP contribution in [0.4, 0.5) is 5.69 Å². The first-order valence-corrected chi connectivity index (χ1v) is 10.5. The van der Waals surface area contributed by atoms with Gasteiger partial charge < -0.3 is 0 Å². The molecule has 0 aromatic heterocycles. The Balaban J connectivity index is 1.79. The molecule has 134 valence electrons. The molecule has 0 fully saturated rings. The van der Waals surface area contributed by atoms with Crippen LogP contribution in [0.3, 0.4) is 0 Å². The van der Waals surface area contributed by atoms with E-state index in [9.17, 15) is 18.5 Å². The number of rotatable bonds is 9. The van der Waals surface area contributed by atoms with Gasteiger partial charge in [0.15, 0.2) is 0 Å². The van der Waals surface area contributed by atoms with E-state index in [-0.39, 0.29) is 11.4 Å². The highest BCUT2D eigenvalue weighted by Gasteiger charge is 2.13. The Morgan fingerprint density at radius 1 is 1.16 bits per heavy atom. The van der Waals surface area contributed by atoms with Gasteiger partial charge in [-0.1, -0.05) is 36.4 Å². The van der Waals surface area contributed by atoms with Gasteiger partial charge >= 0.3 is 0 Å². The first kappa shape index (κ1) is 19.4. The molecule has 0 saturated heterocycles. The number of non-ortho nitro benzene ring substituents is 1. The summed E-state index contributed by atoms with van der Waals surface area (Å²) in [5, 5.41) is 10.7. The van der Waals surface area contributed by atoms with Crippen molar-refractivity contribution in [2.24, 2.45) is 0 Å². The second-order valence-electron chi connectivity index (χ2n) is 5.56. The van der Waals surface area contributed by atoms with Crippen molar-refractivity contribution in [1.29, 1.82) is 0 Å². The van der Waals surface area contributed by atoms with Gasteiger partial charge in [0, 0.05) is 30.2 Å². The van der Waals surface area contributed by atoms with Crippen molar-refractivity contribution < 1.29 is 13.3 Å². The number of benzene rings is 2. The van der Waals surface area contributed by atoms with Crippen molar-refractivity contribution in [3.8, 4) is 0 Å². The Labute approximate surface area is 151 Å². The van der Waals surface area contributed by atoms with Crippen molar-refractivity contribution in [2.75, 3.05) is 12.3 Å². The minimum atomic E-state index is -3.52. The van der Waals surface area contributed by atoms with Crippen molar-refractivity contribution >= 4 is 27.5 Å². The van der Waals surface area contributed by atoms with Crippen molar-refractivity contribution in [2.45, 2.75) is 18.4 Å². The van der Waals surface area contributed by atoms with Gasteiger partial charge in [0.05, 0.1) is 10.7 Å². The van der Waals surface area contributed by atoms with Crippen LogP contribution in [0.2, 0.25) is 0 Å². The van der Waals surface area contributed by atoms with Crippen LogP contribution in [0.25, 0.3) is 0 Å². The average Bonchev–Trinajstić information content (AvgIpc) is 2.56. The number of sulfonamides is 1. The van der Waals surface area contributed by atoms with E-state index >= 15 is 0 Å². The van der Waals surface area contributed by atoms with Crippen LogP contribution < -0.4 is 4.72 Å². The van der Waals surface area contributed by atoms with E-state index in [1.165, 1.54) is 29.3 Å². The quantitative estimate of drug-likeness (QED) is 0.410. The van der Waals surface area contributed by atoms with Crippen LogP contribution >= 0.6 is 11.8 Å². The number of hydrogen-bond donors (Lipinski definition) is 1. The summed E-state index contributed by atoms with van der Waals surface area (Å²) >= 11 is 1.66. The highest BCUT2D eigenvalue weighted by molar-refractivity contribution is 7.98. The molecule has 0 amide bonds. The zero-order valence-electron chi connectivity index (χ0n) is 13.8. The Morgan fingerprint density at radius 3 is 2.64 bits per heavy atom. The zero-order chi connectivity index (χ0) is 18.3. The van der Waals surface area contributed by atoms with Crippen molar-refractivity contribution in [1.82, 2.24) is 4.72 Å². The summed E-state index contributed by atoms with van der Waals surface area (Å²) in [6.07, 6.45) is 0. The maximum atomic E-state index is 12.1. The lowest BCUT2D eigenvalue weighted by Gasteiger charge is -2.08. The number of nitro groups is 1. The predicted molar refractivity (Wildman–Crippen MR) is 101 cm³/mol. The highest BCUT2D eigenvalue weighted by Crippen LogP contribution is 2.16. The normalized spacial score (nSPS) is 11.4. The molecular formula is C17H20N2O4S2. The minimum Gasteiger partial charge on any atom is -0.258 e. The first-order chi connectivity index (χ1) is 11.9. The van der Waals surface area contributed by atoms with E-state index in [4.69, 9.17) is 0 Å². The minimum absolute atomic E-state index is 0.110. The molecule has 0 spiro atoms. The SMILES string of the molecule is Cc1ccccc1CSCCNS(=O)(=O)Cc1cccc([N+](=O)[O-])c1. The highest BCUT2D eigenvalue weighted by atomic mass is 32.2. The molecule has 0 heterocycles. The maximum absolute atomic E-state index is 12.1. The van der Waals surface area contributed by atoms with Crippen LogP contribution in [-0.4, -0.2) is 25.6 Å². The number of thioether (sulfide) groups is 1. The predicted octanol–water partition coefficient (Wildman–Crippen LogP) is 3.26. The summed E-state index contributed by atoms with van der Waals surface area (Å²) in [4.78, 5) is 10.2. The molecule has 1 N–H and O–H groups in total. The third kappa shape index (κ3) is 6.49. The molecule has 2 aromatic carbocycles. The number of nitro benzene ring substituents is 1. The van der Waals surface area contributed by atoms with E-state index in [1.54, 1.807) is 17.8 Å². The standard InChI is InChI=1S/C17H20N2O4S2/c1-14-5-2-3-7-16(14)12-24-10-9-18-25(22,23)13-15-6-4-8-17(11-15)19(20)21/h2-8,11,18H,9-10,12-13H2,1H3. The summed E-state index contributed by atoms with van der Waals surface area (Å²) in [6, 6.07) is 13.8. The summed E-state index contributed by atoms with van der Waals surface area (Å²) in [5.74, 6) is 1.22. The fraction of sp³-hybridized carbons (Fsp3) is 0.294. The summed E-state index contributed by atoms with van der Waals surface area (Å²) < 4.78 is 26.7. The molecule has 6 nitrogen and oxygen atoms in total. The third-order valence-corrected chi connectivity index (χ3v) is 5.93. The molecule has 0 aliphatic rings. The third-order valence-electron chi connectivity index (χ3n) is 3.57. The summed E-state index contributed by atoms with van der Waals surface area (Å²) in [7, 11) is -3.52. The zero-order valence-corrected chi connectivity index (χ0v) is 15.5. The Kier molecular flexibility index (Phi) is 6.98. The largest absolute Gasteiger partial charge is 0.269 e. The number of nitrogens with one attached hydrogen (secondary N) is 1. The summed E-state index contributed by atoms with van der Waals surface area (Å²) in [6.45, 7) is 2.38. The molecule has 0 radical (unpaired) electrons. The maximum Gasteiger partial charge on any atom is 0.269 e. The molecule has 2 rings (SSSR count). The molecule has 0 aliphatic carbocycles. The summed E-state index contributed by atoms with van der Waals surface area (Å²) in [5.41, 5.74) is 2.75. The van der Waals surface area contributed by atoms with Gasteiger partial charge in [-0.25, -0.2) is 13.1 Å². The Morgan fingerprint density at radius 2 is 1.92 bits per heavy atom. The molecule has 25 heavy (non-hydrogen) atoms.